The summed E-state index contributed by atoms with van der Waals surface area (Å²) >= 11 is 0. The fourth-order valence-corrected chi connectivity index (χ4v) is 2.17. The highest BCUT2D eigenvalue weighted by molar-refractivity contribution is 5.71. The van der Waals surface area contributed by atoms with E-state index in [4.69, 9.17) is 4.74 Å². The Morgan fingerprint density at radius 3 is 2.40 bits per heavy atom. The lowest BCUT2D eigenvalue weighted by atomic mass is 9.87. The second-order valence-electron chi connectivity index (χ2n) is 4.84. The topological polar surface area (TPSA) is 38.3 Å². The first-order valence-corrected chi connectivity index (χ1v) is 6.79. The van der Waals surface area contributed by atoms with E-state index in [2.05, 4.69) is 5.32 Å². The number of benzene rings is 1. The van der Waals surface area contributed by atoms with Gasteiger partial charge in [0.1, 0.15) is 11.6 Å². The summed E-state index contributed by atoms with van der Waals surface area (Å²) in [5.41, 5.74) is -1.25. The molecular weight excluding hydrogens is 264 g/mol. The minimum atomic E-state index is -1.13. The Morgan fingerprint density at radius 1 is 1.30 bits per heavy atom. The number of nitrogens with one attached hydrogen (secondary N) is 1. The van der Waals surface area contributed by atoms with Gasteiger partial charge in [0.2, 0.25) is 0 Å². The van der Waals surface area contributed by atoms with Crippen molar-refractivity contribution in [3.8, 4) is 0 Å². The first kappa shape index (κ1) is 16.6. The van der Waals surface area contributed by atoms with Crippen LogP contribution in [0.3, 0.4) is 0 Å². The maximum Gasteiger partial charge on any atom is 0.307 e. The number of ether oxygens (including phenoxy) is 1. The predicted molar refractivity (Wildman–Crippen MR) is 73.3 cm³/mol. The summed E-state index contributed by atoms with van der Waals surface area (Å²) < 4.78 is 32.8. The maximum atomic E-state index is 14.0. The van der Waals surface area contributed by atoms with Crippen LogP contribution in [0.5, 0.6) is 0 Å². The lowest BCUT2D eigenvalue weighted by Gasteiger charge is -2.31. The number of halogens is 2. The SMILES string of the molecule is CCCNC(C)(CC(=O)OCC)c1c(F)cccc1F. The molecule has 0 saturated carbocycles. The van der Waals surface area contributed by atoms with Crippen LogP contribution in [0.4, 0.5) is 8.78 Å². The highest BCUT2D eigenvalue weighted by Gasteiger charge is 2.34. The number of esters is 1. The first-order chi connectivity index (χ1) is 9.44. The van der Waals surface area contributed by atoms with E-state index >= 15 is 0 Å². The van der Waals surface area contributed by atoms with Crippen molar-refractivity contribution in [3.63, 3.8) is 0 Å². The minimum Gasteiger partial charge on any atom is -0.466 e. The Balaban J connectivity index is 3.13. The molecule has 0 fully saturated rings. The van der Waals surface area contributed by atoms with E-state index in [9.17, 15) is 13.6 Å². The van der Waals surface area contributed by atoms with Crippen molar-refractivity contribution in [1.82, 2.24) is 5.32 Å². The molecule has 3 nitrogen and oxygen atoms in total. The molecule has 0 aliphatic rings. The standard InChI is InChI=1S/C15H21F2NO2/c1-4-9-18-15(3,10-13(19)20-5-2)14-11(16)7-6-8-12(14)17/h6-8,18H,4-5,9-10H2,1-3H3. The fraction of sp³-hybridized carbons (Fsp3) is 0.533. The van der Waals surface area contributed by atoms with Crippen LogP contribution in [0.15, 0.2) is 18.2 Å². The summed E-state index contributed by atoms with van der Waals surface area (Å²) in [4.78, 5) is 11.7. The molecule has 20 heavy (non-hydrogen) atoms. The summed E-state index contributed by atoms with van der Waals surface area (Å²) in [5.74, 6) is -1.82. The van der Waals surface area contributed by atoms with Crippen molar-refractivity contribution in [2.24, 2.45) is 0 Å². The minimum absolute atomic E-state index is 0.124. The van der Waals surface area contributed by atoms with Crippen LogP contribution in [0.2, 0.25) is 0 Å². The molecule has 0 heterocycles. The van der Waals surface area contributed by atoms with Gasteiger partial charge in [-0.1, -0.05) is 13.0 Å². The normalized spacial score (nSPS) is 13.8. The van der Waals surface area contributed by atoms with E-state index in [1.807, 2.05) is 6.92 Å². The van der Waals surface area contributed by atoms with Crippen molar-refractivity contribution >= 4 is 5.97 Å². The number of hydrogen-bond donors (Lipinski definition) is 1. The summed E-state index contributed by atoms with van der Waals surface area (Å²) in [6.07, 6.45) is 0.660. The van der Waals surface area contributed by atoms with Gasteiger partial charge in [0.15, 0.2) is 0 Å². The van der Waals surface area contributed by atoms with Gasteiger partial charge in [0, 0.05) is 5.56 Å². The molecule has 0 aliphatic heterocycles. The van der Waals surface area contributed by atoms with Crippen LogP contribution in [-0.4, -0.2) is 19.1 Å². The van der Waals surface area contributed by atoms with Gasteiger partial charge in [0.05, 0.1) is 18.6 Å². The van der Waals surface area contributed by atoms with Gasteiger partial charge in [-0.05, 0) is 38.9 Å². The third-order valence-electron chi connectivity index (χ3n) is 3.08. The zero-order chi connectivity index (χ0) is 15.2. The van der Waals surface area contributed by atoms with Crippen molar-refractivity contribution < 1.29 is 18.3 Å². The predicted octanol–water partition coefficient (Wildman–Crippen LogP) is 3.13. The lowest BCUT2D eigenvalue weighted by molar-refractivity contribution is -0.144. The van der Waals surface area contributed by atoms with Gasteiger partial charge in [-0.3, -0.25) is 4.79 Å². The van der Waals surface area contributed by atoms with Crippen molar-refractivity contribution in [2.75, 3.05) is 13.2 Å². The first-order valence-electron chi connectivity index (χ1n) is 6.79. The smallest absolute Gasteiger partial charge is 0.307 e. The molecule has 1 N–H and O–H groups in total. The molecule has 0 bridgehead atoms. The molecule has 0 radical (unpaired) electrons. The van der Waals surface area contributed by atoms with E-state index in [-0.39, 0.29) is 18.6 Å². The zero-order valence-corrected chi connectivity index (χ0v) is 12.1. The van der Waals surface area contributed by atoms with Crippen molar-refractivity contribution in [1.29, 1.82) is 0 Å². The molecule has 1 atom stereocenters. The molecule has 0 amide bonds. The van der Waals surface area contributed by atoms with Gasteiger partial charge >= 0.3 is 5.97 Å². The average molecular weight is 285 g/mol. The Kier molecular flexibility index (Phi) is 6.07. The maximum absolute atomic E-state index is 14.0. The van der Waals surface area contributed by atoms with Crippen LogP contribution in [0, 0.1) is 11.6 Å². The summed E-state index contributed by atoms with van der Waals surface area (Å²) in [6, 6.07) is 3.68. The molecule has 0 spiro atoms. The molecule has 0 saturated heterocycles. The summed E-state index contributed by atoms with van der Waals surface area (Å²) in [5, 5.41) is 3.05. The quantitative estimate of drug-likeness (QED) is 0.782. The van der Waals surface area contributed by atoms with Crippen LogP contribution < -0.4 is 5.32 Å². The molecule has 1 unspecified atom stereocenters. The summed E-state index contributed by atoms with van der Waals surface area (Å²) in [7, 11) is 0. The number of carbonyl (C=O) groups is 1. The summed E-state index contributed by atoms with van der Waals surface area (Å²) in [6.45, 7) is 6.03. The van der Waals surface area contributed by atoms with Gasteiger partial charge < -0.3 is 10.1 Å². The van der Waals surface area contributed by atoms with Crippen LogP contribution in [-0.2, 0) is 15.1 Å². The second kappa shape index (κ2) is 7.33. The molecule has 5 heteroatoms. The van der Waals surface area contributed by atoms with Gasteiger partial charge in [-0.25, -0.2) is 8.78 Å². The largest absolute Gasteiger partial charge is 0.466 e. The molecule has 112 valence electrons. The van der Waals surface area contributed by atoms with Gasteiger partial charge in [0.25, 0.3) is 0 Å². The Hall–Kier alpha value is -1.49. The molecular formula is C15H21F2NO2. The van der Waals surface area contributed by atoms with E-state index in [0.29, 0.717) is 6.54 Å². The Morgan fingerprint density at radius 2 is 1.90 bits per heavy atom. The second-order valence-corrected chi connectivity index (χ2v) is 4.84. The fourth-order valence-electron chi connectivity index (χ4n) is 2.17. The zero-order valence-electron chi connectivity index (χ0n) is 12.1. The molecule has 1 rings (SSSR count). The number of rotatable bonds is 7. The van der Waals surface area contributed by atoms with E-state index < -0.39 is 23.1 Å². The van der Waals surface area contributed by atoms with E-state index in [1.54, 1.807) is 13.8 Å². The molecule has 1 aromatic carbocycles. The molecule has 0 aromatic heterocycles. The highest BCUT2D eigenvalue weighted by atomic mass is 19.1. The monoisotopic (exact) mass is 285 g/mol. The third kappa shape index (κ3) is 4.00. The Labute approximate surface area is 118 Å². The third-order valence-corrected chi connectivity index (χ3v) is 3.08. The van der Waals surface area contributed by atoms with Gasteiger partial charge in [-0.2, -0.15) is 0 Å². The van der Waals surface area contributed by atoms with Crippen molar-refractivity contribution in [3.05, 3.63) is 35.4 Å². The van der Waals surface area contributed by atoms with Crippen LogP contribution >= 0.6 is 0 Å². The van der Waals surface area contributed by atoms with Gasteiger partial charge in [-0.15, -0.1) is 0 Å². The van der Waals surface area contributed by atoms with Crippen LogP contribution in [0.1, 0.15) is 39.2 Å². The van der Waals surface area contributed by atoms with E-state index in [1.165, 1.54) is 18.2 Å². The highest BCUT2D eigenvalue weighted by Crippen LogP contribution is 2.30. The molecule has 0 aliphatic carbocycles. The lowest BCUT2D eigenvalue weighted by Crippen LogP contribution is -2.43. The van der Waals surface area contributed by atoms with E-state index in [0.717, 1.165) is 6.42 Å². The average Bonchev–Trinajstić information content (AvgIpc) is 2.36. The molecule has 1 aromatic rings. The number of carbonyl (C=O) groups excluding carboxylic acids is 1. The Bertz CT molecular complexity index is 445. The van der Waals surface area contributed by atoms with Crippen LogP contribution in [0.25, 0.3) is 0 Å². The van der Waals surface area contributed by atoms with Crippen molar-refractivity contribution in [2.45, 2.75) is 39.2 Å². The number of hydrogen-bond acceptors (Lipinski definition) is 3.